The minimum atomic E-state index is -0.237. The van der Waals surface area contributed by atoms with Crippen molar-refractivity contribution in [3.8, 4) is 5.69 Å². The Hall–Kier alpha value is -3.16. The van der Waals surface area contributed by atoms with Gasteiger partial charge in [0, 0.05) is 25.9 Å². The topological polar surface area (TPSA) is 110 Å². The summed E-state index contributed by atoms with van der Waals surface area (Å²) >= 11 is 0. The van der Waals surface area contributed by atoms with Gasteiger partial charge < -0.3 is 16.0 Å². The Bertz CT molecular complexity index is 838. The molecule has 0 aliphatic carbocycles. The first-order valence-electron chi connectivity index (χ1n) is 8.92. The van der Waals surface area contributed by atoms with Crippen LogP contribution in [0.25, 0.3) is 5.69 Å². The predicted octanol–water partition coefficient (Wildman–Crippen LogP) is 1.01. The van der Waals surface area contributed by atoms with Gasteiger partial charge >= 0.3 is 0 Å². The van der Waals surface area contributed by atoms with Crippen LogP contribution < -0.4 is 11.1 Å². The van der Waals surface area contributed by atoms with Gasteiger partial charge in [-0.05, 0) is 25.0 Å². The van der Waals surface area contributed by atoms with Crippen LogP contribution in [-0.4, -0.2) is 51.9 Å². The standard InChI is InChI=1S/C19H23N5O3/c1-13(25)21-12-17(26)23-9-7-14(8-10-23)18(27)16-11-22-24(19(16)20)15-5-3-2-4-6-15/h2-6,11,14H,7-10,12,20H2,1H3,(H,21,25). The maximum Gasteiger partial charge on any atom is 0.241 e. The van der Waals surface area contributed by atoms with Gasteiger partial charge in [0.15, 0.2) is 5.78 Å². The smallest absolute Gasteiger partial charge is 0.241 e. The lowest BCUT2D eigenvalue weighted by molar-refractivity contribution is -0.133. The zero-order valence-electron chi connectivity index (χ0n) is 15.2. The van der Waals surface area contributed by atoms with Crippen LogP contribution in [0.15, 0.2) is 36.5 Å². The van der Waals surface area contributed by atoms with Gasteiger partial charge in [-0.1, -0.05) is 18.2 Å². The number of nitrogens with one attached hydrogen (secondary N) is 1. The van der Waals surface area contributed by atoms with Crippen LogP contribution in [0.2, 0.25) is 0 Å². The highest BCUT2D eigenvalue weighted by atomic mass is 16.2. The summed E-state index contributed by atoms with van der Waals surface area (Å²) in [5, 5.41) is 6.76. The van der Waals surface area contributed by atoms with Crippen molar-refractivity contribution in [2.45, 2.75) is 19.8 Å². The highest BCUT2D eigenvalue weighted by Gasteiger charge is 2.30. The first-order valence-corrected chi connectivity index (χ1v) is 8.92. The third kappa shape index (κ3) is 4.16. The lowest BCUT2D eigenvalue weighted by Crippen LogP contribution is -2.44. The average molecular weight is 369 g/mol. The van der Waals surface area contributed by atoms with Gasteiger partial charge in [-0.3, -0.25) is 14.4 Å². The van der Waals surface area contributed by atoms with E-state index >= 15 is 0 Å². The molecular formula is C19H23N5O3. The summed E-state index contributed by atoms with van der Waals surface area (Å²) in [5.74, 6) is -0.267. The molecule has 2 aromatic rings. The first kappa shape index (κ1) is 18.6. The van der Waals surface area contributed by atoms with Crippen molar-refractivity contribution in [2.75, 3.05) is 25.4 Å². The summed E-state index contributed by atoms with van der Waals surface area (Å²) in [6.07, 6.45) is 2.65. The van der Waals surface area contributed by atoms with E-state index in [2.05, 4.69) is 10.4 Å². The second-order valence-electron chi connectivity index (χ2n) is 6.62. The number of carbonyl (C=O) groups is 3. The first-order chi connectivity index (χ1) is 13.0. The molecule has 1 aromatic heterocycles. The molecule has 27 heavy (non-hydrogen) atoms. The third-order valence-electron chi connectivity index (χ3n) is 4.78. The normalized spacial score (nSPS) is 14.8. The van der Waals surface area contributed by atoms with Gasteiger partial charge in [-0.2, -0.15) is 5.10 Å². The Labute approximate surface area is 157 Å². The predicted molar refractivity (Wildman–Crippen MR) is 100 cm³/mol. The number of hydrogen-bond donors (Lipinski definition) is 2. The van der Waals surface area contributed by atoms with E-state index < -0.39 is 0 Å². The van der Waals surface area contributed by atoms with E-state index in [9.17, 15) is 14.4 Å². The van der Waals surface area contributed by atoms with Crippen molar-refractivity contribution in [1.29, 1.82) is 0 Å². The maximum atomic E-state index is 12.9. The number of anilines is 1. The number of piperidine rings is 1. The zero-order chi connectivity index (χ0) is 19.4. The van der Waals surface area contributed by atoms with E-state index in [4.69, 9.17) is 5.73 Å². The third-order valence-corrected chi connectivity index (χ3v) is 4.78. The van der Waals surface area contributed by atoms with Crippen molar-refractivity contribution < 1.29 is 14.4 Å². The fourth-order valence-electron chi connectivity index (χ4n) is 3.25. The number of rotatable bonds is 5. The molecule has 1 fully saturated rings. The molecule has 2 amide bonds. The highest BCUT2D eigenvalue weighted by Crippen LogP contribution is 2.25. The molecule has 0 atom stereocenters. The number of ketones is 1. The molecule has 1 saturated heterocycles. The van der Waals surface area contributed by atoms with Gasteiger partial charge in [0.05, 0.1) is 24.0 Å². The van der Waals surface area contributed by atoms with Gasteiger partial charge in [-0.15, -0.1) is 0 Å². The molecule has 0 bridgehead atoms. The molecule has 0 unspecified atom stereocenters. The molecule has 3 N–H and O–H groups in total. The van der Waals surface area contributed by atoms with Gasteiger partial charge in [0.2, 0.25) is 11.8 Å². The number of benzene rings is 1. The van der Waals surface area contributed by atoms with E-state index in [-0.39, 0.29) is 30.1 Å². The summed E-state index contributed by atoms with van der Waals surface area (Å²) in [7, 11) is 0. The molecule has 2 heterocycles. The molecule has 0 spiro atoms. The van der Waals surface area contributed by atoms with Crippen LogP contribution in [0.5, 0.6) is 0 Å². The number of nitrogens with two attached hydrogens (primary N) is 1. The summed E-state index contributed by atoms with van der Waals surface area (Å²) in [5.41, 5.74) is 7.38. The number of nitrogen functional groups attached to an aromatic ring is 1. The largest absolute Gasteiger partial charge is 0.383 e. The maximum absolute atomic E-state index is 12.9. The minimum absolute atomic E-state index is 0.00919. The molecule has 8 nitrogen and oxygen atoms in total. The van der Waals surface area contributed by atoms with Crippen LogP contribution in [0.1, 0.15) is 30.1 Å². The number of carbonyl (C=O) groups excluding carboxylic acids is 3. The number of para-hydroxylation sites is 1. The second kappa shape index (κ2) is 8.03. The van der Waals surface area contributed by atoms with Crippen LogP contribution in [-0.2, 0) is 9.59 Å². The van der Waals surface area contributed by atoms with Crippen LogP contribution in [0, 0.1) is 5.92 Å². The number of amides is 2. The molecule has 1 aliphatic rings. The van der Waals surface area contributed by atoms with Crippen molar-refractivity contribution in [1.82, 2.24) is 20.0 Å². The summed E-state index contributed by atoms with van der Waals surface area (Å²) in [4.78, 5) is 37.5. The minimum Gasteiger partial charge on any atom is -0.383 e. The number of Topliss-reactive ketones (excluding diaryl/α,β-unsaturated/α-hetero) is 1. The molecule has 1 aromatic carbocycles. The van der Waals surface area contributed by atoms with Crippen LogP contribution in [0.4, 0.5) is 5.82 Å². The molecule has 0 saturated carbocycles. The Balaban J connectivity index is 1.62. The van der Waals surface area contributed by atoms with Crippen molar-refractivity contribution >= 4 is 23.4 Å². The molecule has 3 rings (SSSR count). The van der Waals surface area contributed by atoms with Crippen molar-refractivity contribution in [2.24, 2.45) is 5.92 Å². The summed E-state index contributed by atoms with van der Waals surface area (Å²) in [6, 6.07) is 9.40. The Morgan fingerprint density at radius 2 is 1.85 bits per heavy atom. The quantitative estimate of drug-likeness (QED) is 0.765. The number of likely N-dealkylation sites (tertiary alicyclic amines) is 1. The SMILES string of the molecule is CC(=O)NCC(=O)N1CCC(C(=O)c2cnn(-c3ccccc3)c2N)CC1. The molecular weight excluding hydrogens is 346 g/mol. The van der Waals surface area contributed by atoms with E-state index in [1.54, 1.807) is 9.58 Å². The Morgan fingerprint density at radius 3 is 2.48 bits per heavy atom. The fraction of sp³-hybridized carbons (Fsp3) is 0.368. The molecule has 1 aliphatic heterocycles. The fourth-order valence-corrected chi connectivity index (χ4v) is 3.25. The molecule has 8 heteroatoms. The van der Waals surface area contributed by atoms with Gasteiger partial charge in [0.1, 0.15) is 5.82 Å². The van der Waals surface area contributed by atoms with Crippen LogP contribution >= 0.6 is 0 Å². The van der Waals surface area contributed by atoms with Gasteiger partial charge in [-0.25, -0.2) is 4.68 Å². The molecule has 0 radical (unpaired) electrons. The average Bonchev–Trinajstić information content (AvgIpc) is 3.07. The van der Waals surface area contributed by atoms with E-state index in [1.165, 1.54) is 13.1 Å². The molecule has 142 valence electrons. The zero-order valence-corrected chi connectivity index (χ0v) is 15.2. The van der Waals surface area contributed by atoms with Crippen LogP contribution in [0.3, 0.4) is 0 Å². The summed E-state index contributed by atoms with van der Waals surface area (Å²) < 4.78 is 1.55. The van der Waals surface area contributed by atoms with Crippen molar-refractivity contribution in [3.05, 3.63) is 42.1 Å². The Morgan fingerprint density at radius 1 is 1.19 bits per heavy atom. The van der Waals surface area contributed by atoms with E-state index in [0.717, 1.165) is 5.69 Å². The monoisotopic (exact) mass is 369 g/mol. The van der Waals surface area contributed by atoms with Gasteiger partial charge in [0.25, 0.3) is 0 Å². The number of aromatic nitrogens is 2. The highest BCUT2D eigenvalue weighted by molar-refractivity contribution is 6.01. The Kier molecular flexibility index (Phi) is 5.54. The van der Waals surface area contributed by atoms with E-state index in [1.807, 2.05) is 30.3 Å². The van der Waals surface area contributed by atoms with E-state index in [0.29, 0.717) is 37.3 Å². The lowest BCUT2D eigenvalue weighted by Gasteiger charge is -2.31. The van der Waals surface area contributed by atoms with Crippen molar-refractivity contribution in [3.63, 3.8) is 0 Å². The lowest BCUT2D eigenvalue weighted by atomic mass is 9.89. The summed E-state index contributed by atoms with van der Waals surface area (Å²) in [6.45, 7) is 2.34. The number of hydrogen-bond acceptors (Lipinski definition) is 5. The second-order valence-corrected chi connectivity index (χ2v) is 6.62. The number of nitrogens with zero attached hydrogens (tertiary/aromatic N) is 3.